The monoisotopic (exact) mass is 875 g/mol. The van der Waals surface area contributed by atoms with Crippen molar-refractivity contribution >= 4 is 46.2 Å². The Hall–Kier alpha value is -6.00. The topological polar surface area (TPSA) is 186 Å². The van der Waals surface area contributed by atoms with Crippen LogP contribution in [0.2, 0.25) is 0 Å². The van der Waals surface area contributed by atoms with Crippen LogP contribution in [-0.4, -0.2) is 120 Å². The maximum Gasteiger partial charge on any atom is 0.407 e. The van der Waals surface area contributed by atoms with Crippen LogP contribution in [0.1, 0.15) is 82.3 Å². The molecule has 338 valence electrons. The van der Waals surface area contributed by atoms with Gasteiger partial charge in [0.15, 0.2) is 0 Å². The van der Waals surface area contributed by atoms with Gasteiger partial charge < -0.3 is 49.1 Å². The van der Waals surface area contributed by atoms with Gasteiger partial charge in [0.1, 0.15) is 30.3 Å². The second kappa shape index (κ2) is 17.9. The van der Waals surface area contributed by atoms with Crippen molar-refractivity contribution in [2.45, 2.75) is 115 Å². The largest absolute Gasteiger partial charge is 0.488 e. The molecule has 0 bridgehead atoms. The van der Waals surface area contributed by atoms with Crippen molar-refractivity contribution < 1.29 is 42.9 Å². The lowest BCUT2D eigenvalue weighted by molar-refractivity contribution is -0.139. The minimum atomic E-state index is -0.925. The Labute approximate surface area is 372 Å². The zero-order chi connectivity index (χ0) is 44.8. The van der Waals surface area contributed by atoms with E-state index in [1.54, 1.807) is 18.0 Å². The molecule has 7 atom stereocenters. The predicted molar refractivity (Wildman–Crippen MR) is 238 cm³/mol. The molecule has 3 fully saturated rings. The summed E-state index contributed by atoms with van der Waals surface area (Å²) in [6.45, 7) is 7.32. The molecule has 4 aromatic rings. The van der Waals surface area contributed by atoms with E-state index in [1.807, 2.05) is 11.8 Å². The van der Waals surface area contributed by atoms with Crippen LogP contribution < -0.4 is 15.4 Å². The number of aromatic amines is 1. The molecule has 16 nitrogen and oxygen atoms in total. The first-order chi connectivity index (χ1) is 31.0. The van der Waals surface area contributed by atoms with Gasteiger partial charge in [0.25, 0.3) is 0 Å². The maximum atomic E-state index is 14.4. The first kappa shape index (κ1) is 43.3. The number of ether oxygens (including phenoxy) is 5. The fourth-order valence-corrected chi connectivity index (χ4v) is 10.5. The number of nitrogens with zero attached hydrogens (tertiary/aromatic N) is 4. The minimum absolute atomic E-state index is 0.00236. The number of aromatic nitrogens is 2. The van der Waals surface area contributed by atoms with E-state index in [1.165, 1.54) is 21.3 Å². The average molecular weight is 876 g/mol. The van der Waals surface area contributed by atoms with Gasteiger partial charge in [0.05, 0.1) is 50.0 Å². The molecule has 1 unspecified atom stereocenters. The number of aliphatic imine (C=N–C) groups is 1. The summed E-state index contributed by atoms with van der Waals surface area (Å²) >= 11 is 0. The SMILES string of the molecule is COC(=O)NC(C(=O)N1[C@@H](C)CC[C@H]1C1=Nc2ccc3cc4c(cc3c2C1)OCc1cc(-c2cnc([C@@H]3CC[C@H](C)N3C(=O)[C@@H](NC(=O)OC)[C@@H](C)OC)[nH]2)ccc1-4)C1CCOCC1. The van der Waals surface area contributed by atoms with Crippen LogP contribution in [-0.2, 0) is 41.6 Å². The number of hydrogen-bond acceptors (Lipinski definition) is 11. The van der Waals surface area contributed by atoms with Gasteiger partial charge in [-0.05, 0) is 123 Å². The third-order valence-electron chi connectivity index (χ3n) is 14.1. The molecule has 9 rings (SSSR count). The summed E-state index contributed by atoms with van der Waals surface area (Å²) < 4.78 is 27.3. The quantitative estimate of drug-likeness (QED) is 0.154. The van der Waals surface area contributed by atoms with Gasteiger partial charge >= 0.3 is 12.2 Å². The van der Waals surface area contributed by atoms with Gasteiger partial charge in [-0.25, -0.2) is 14.6 Å². The molecular formula is C48H57N7O9. The molecule has 5 aliphatic heterocycles. The Kier molecular flexibility index (Phi) is 12.1. The Bertz CT molecular complexity index is 2500. The number of imidazole rings is 1. The predicted octanol–water partition coefficient (Wildman–Crippen LogP) is 6.76. The first-order valence-electron chi connectivity index (χ1n) is 22.4. The van der Waals surface area contributed by atoms with Crippen LogP contribution in [0.15, 0.2) is 53.7 Å². The number of hydrogen-bond donors (Lipinski definition) is 3. The highest BCUT2D eigenvalue weighted by Gasteiger charge is 2.45. The Morgan fingerprint density at radius 2 is 1.55 bits per heavy atom. The van der Waals surface area contributed by atoms with E-state index in [-0.39, 0.29) is 41.9 Å². The molecule has 3 N–H and O–H groups in total. The standard InChI is InChI=1S/C48H57N7O9/c1-25-7-13-39(54(25)46(57)43(53-48(59)62-6)28-15-17-63-18-16-28)37-21-34-33-22-41-35(20-29(33)10-12-36(34)50-37)32-11-9-30(19-31(32)24-64-41)38-23-49-44(51-38)40-14-8-26(2)55(40)45(56)42(27(3)60-4)52-47(58)61-5/h9-12,19-20,22-23,25-28,39-40,42-43H,7-8,13-18,21,24H2,1-6H3,(H,49,51)(H,52,58)(H,53,59)/t25-,26-,27+,39-,40-,42-,43?/m0/s1. The molecular weight excluding hydrogens is 819 g/mol. The number of nitrogens with one attached hydrogen (secondary N) is 3. The summed E-state index contributed by atoms with van der Waals surface area (Å²) in [4.78, 5) is 70.2. The van der Waals surface area contributed by atoms with Crippen LogP contribution in [0.3, 0.4) is 0 Å². The van der Waals surface area contributed by atoms with E-state index in [9.17, 15) is 19.2 Å². The average Bonchev–Trinajstić information content (AvgIpc) is 4.14. The van der Waals surface area contributed by atoms with Crippen molar-refractivity contribution in [2.24, 2.45) is 10.9 Å². The van der Waals surface area contributed by atoms with Crippen molar-refractivity contribution in [3.8, 4) is 28.1 Å². The molecule has 1 aromatic heterocycles. The number of carbonyl (C=O) groups excluding carboxylic acids is 4. The first-order valence-corrected chi connectivity index (χ1v) is 22.4. The van der Waals surface area contributed by atoms with E-state index in [0.717, 1.165) is 87.1 Å². The van der Waals surface area contributed by atoms with Crippen molar-refractivity contribution in [1.82, 2.24) is 30.4 Å². The highest BCUT2D eigenvalue weighted by molar-refractivity contribution is 6.06. The van der Waals surface area contributed by atoms with Gasteiger partial charge in [-0.2, -0.15) is 0 Å². The van der Waals surface area contributed by atoms with Crippen molar-refractivity contribution in [3.05, 3.63) is 65.6 Å². The van der Waals surface area contributed by atoms with Gasteiger partial charge in [0.2, 0.25) is 11.8 Å². The summed E-state index contributed by atoms with van der Waals surface area (Å²) in [5.41, 5.74) is 7.91. The zero-order valence-corrected chi connectivity index (χ0v) is 37.3. The second-order valence-corrected chi connectivity index (χ2v) is 17.7. The number of likely N-dealkylation sites (tertiary alicyclic amines) is 2. The normalized spacial score (nSPS) is 23.0. The lowest BCUT2D eigenvalue weighted by atomic mass is 9.90. The van der Waals surface area contributed by atoms with Gasteiger partial charge in [-0.3, -0.25) is 14.6 Å². The van der Waals surface area contributed by atoms with Crippen molar-refractivity contribution in [1.29, 1.82) is 0 Å². The summed E-state index contributed by atoms with van der Waals surface area (Å²) in [7, 11) is 4.09. The number of H-pyrrole nitrogens is 1. The Morgan fingerprint density at radius 3 is 2.28 bits per heavy atom. The van der Waals surface area contributed by atoms with Crippen LogP contribution in [0.4, 0.5) is 15.3 Å². The maximum absolute atomic E-state index is 14.4. The van der Waals surface area contributed by atoms with E-state index in [4.69, 9.17) is 33.7 Å². The molecule has 0 radical (unpaired) electrons. The fraction of sp³-hybridized carbons (Fsp3) is 0.500. The highest BCUT2D eigenvalue weighted by Crippen LogP contribution is 2.45. The van der Waals surface area contributed by atoms with Gasteiger partial charge in [-0.15, -0.1) is 0 Å². The lowest BCUT2D eigenvalue weighted by Gasteiger charge is -2.36. The summed E-state index contributed by atoms with van der Waals surface area (Å²) in [6.07, 6.45) is 5.07. The highest BCUT2D eigenvalue weighted by atomic mass is 16.5. The number of amides is 4. The number of carbonyl (C=O) groups is 4. The molecule has 5 aliphatic rings. The molecule has 0 spiro atoms. The molecule has 6 heterocycles. The van der Waals surface area contributed by atoms with E-state index < -0.39 is 30.4 Å². The molecule has 0 saturated carbocycles. The number of methoxy groups -OCH3 is 3. The number of rotatable bonds is 10. The number of alkyl carbamates (subject to hydrolysis) is 2. The van der Waals surface area contributed by atoms with Crippen molar-refractivity contribution in [2.75, 3.05) is 34.5 Å². The third-order valence-corrected chi connectivity index (χ3v) is 14.1. The Morgan fingerprint density at radius 1 is 0.828 bits per heavy atom. The molecule has 3 aromatic carbocycles. The van der Waals surface area contributed by atoms with Crippen LogP contribution in [0.5, 0.6) is 5.75 Å². The molecule has 64 heavy (non-hydrogen) atoms. The number of fused-ring (bicyclic) bond motifs is 6. The van der Waals surface area contributed by atoms with Crippen LogP contribution in [0, 0.1) is 5.92 Å². The Balaban J connectivity index is 0.933. The van der Waals surface area contributed by atoms with E-state index in [0.29, 0.717) is 44.9 Å². The van der Waals surface area contributed by atoms with Crippen molar-refractivity contribution in [3.63, 3.8) is 0 Å². The summed E-state index contributed by atoms with van der Waals surface area (Å²) in [5.74, 6) is 1.10. The van der Waals surface area contributed by atoms with Gasteiger partial charge in [-0.1, -0.05) is 18.2 Å². The van der Waals surface area contributed by atoms with Crippen LogP contribution in [0.25, 0.3) is 33.2 Å². The van der Waals surface area contributed by atoms with Crippen LogP contribution >= 0.6 is 0 Å². The zero-order valence-electron chi connectivity index (χ0n) is 37.3. The van der Waals surface area contributed by atoms with E-state index in [2.05, 4.69) is 65.0 Å². The summed E-state index contributed by atoms with van der Waals surface area (Å²) in [5, 5.41) is 7.69. The smallest absolute Gasteiger partial charge is 0.407 e. The number of benzene rings is 3. The second-order valence-electron chi connectivity index (χ2n) is 17.7. The molecule has 4 amide bonds. The lowest BCUT2D eigenvalue weighted by Crippen LogP contribution is -2.57. The minimum Gasteiger partial charge on any atom is -0.488 e. The molecule has 16 heteroatoms. The fourth-order valence-electron chi connectivity index (χ4n) is 10.5. The molecule has 0 aliphatic carbocycles. The van der Waals surface area contributed by atoms with Gasteiger partial charge in [0, 0.05) is 50.1 Å². The van der Waals surface area contributed by atoms with E-state index >= 15 is 0 Å². The summed E-state index contributed by atoms with van der Waals surface area (Å²) in [6, 6.07) is 12.7. The molecule has 3 saturated heterocycles. The third kappa shape index (κ3) is 7.95.